The molecule has 0 spiro atoms. The number of nitrogens with zero attached hydrogens (tertiary/aromatic N) is 3. The lowest BCUT2D eigenvalue weighted by molar-refractivity contribution is -0.143. The highest BCUT2D eigenvalue weighted by Gasteiger charge is 2.45. The van der Waals surface area contributed by atoms with Crippen LogP contribution in [0.1, 0.15) is 75.8 Å². The Labute approximate surface area is 221 Å². The summed E-state index contributed by atoms with van der Waals surface area (Å²) in [5, 5.41) is 9.94. The van der Waals surface area contributed by atoms with Crippen LogP contribution in [0.15, 0.2) is 18.2 Å². The smallest absolute Gasteiger partial charge is 0.308 e. The molecule has 1 aromatic rings. The number of ether oxygens (including phenoxy) is 1. The summed E-state index contributed by atoms with van der Waals surface area (Å²) in [4.78, 5) is 40.3. The first-order valence-corrected chi connectivity index (χ1v) is 14.0. The number of rotatable bonds is 12. The molecule has 2 fully saturated rings. The van der Waals surface area contributed by atoms with Crippen molar-refractivity contribution in [3.8, 4) is 5.75 Å². The van der Waals surface area contributed by atoms with E-state index < -0.39 is 11.9 Å². The standard InChI is InChI=1S/C20H26N2O4.C9H19NO/c1-21-12-15(13-4-5-17-14(11-13)7-10-26-17)19(20(24)25)16(21)6-9-22-8-2-3-18(22)23;1-3-5-7-10(9-11)8-6-4-2/h4-5,11,15-16,19H,2-3,6-10,12H2,1H3,(H,24,25);9H,3-8H2,1-2H3. The molecule has 0 bridgehead atoms. The number of likely N-dealkylation sites (tertiary alicyclic amines) is 2. The van der Waals surface area contributed by atoms with E-state index in [0.717, 1.165) is 82.4 Å². The molecule has 3 unspecified atom stereocenters. The van der Waals surface area contributed by atoms with Crippen LogP contribution in [0.4, 0.5) is 0 Å². The molecule has 3 aliphatic rings. The zero-order valence-electron chi connectivity index (χ0n) is 22.9. The summed E-state index contributed by atoms with van der Waals surface area (Å²) in [6.45, 7) is 9.04. The van der Waals surface area contributed by atoms with E-state index in [1.54, 1.807) is 0 Å². The van der Waals surface area contributed by atoms with Gasteiger partial charge in [0.05, 0.1) is 12.5 Å². The normalized spacial score (nSPS) is 22.8. The van der Waals surface area contributed by atoms with E-state index in [9.17, 15) is 19.5 Å². The summed E-state index contributed by atoms with van der Waals surface area (Å²) in [5.74, 6) is -0.0848. The van der Waals surface area contributed by atoms with Crippen molar-refractivity contribution < 1.29 is 24.2 Å². The first-order chi connectivity index (χ1) is 17.9. The summed E-state index contributed by atoms with van der Waals surface area (Å²) in [5.41, 5.74) is 2.27. The van der Waals surface area contributed by atoms with Crippen molar-refractivity contribution in [3.63, 3.8) is 0 Å². The number of aliphatic carboxylic acids is 1. The molecular weight excluding hydrogens is 470 g/mol. The van der Waals surface area contributed by atoms with Crippen LogP contribution in [0.5, 0.6) is 5.75 Å². The number of carboxylic acid groups (broad SMARTS) is 1. The Morgan fingerprint density at radius 2 is 1.92 bits per heavy atom. The predicted octanol–water partition coefficient (Wildman–Crippen LogP) is 3.78. The van der Waals surface area contributed by atoms with Crippen molar-refractivity contribution in [1.82, 2.24) is 14.7 Å². The van der Waals surface area contributed by atoms with Crippen molar-refractivity contribution in [1.29, 1.82) is 0 Å². The van der Waals surface area contributed by atoms with Crippen molar-refractivity contribution in [3.05, 3.63) is 29.3 Å². The van der Waals surface area contributed by atoms with Gasteiger partial charge in [0, 0.05) is 57.5 Å². The average molecular weight is 516 g/mol. The molecule has 1 aromatic carbocycles. The number of unbranched alkanes of at least 4 members (excludes halogenated alkanes) is 2. The number of carboxylic acids is 1. The Hall–Kier alpha value is -2.61. The van der Waals surface area contributed by atoms with Gasteiger partial charge in [0.1, 0.15) is 5.75 Å². The Morgan fingerprint density at radius 1 is 1.19 bits per heavy atom. The first-order valence-electron chi connectivity index (χ1n) is 14.0. The Kier molecular flexibility index (Phi) is 11.2. The third kappa shape index (κ3) is 7.69. The van der Waals surface area contributed by atoms with E-state index >= 15 is 0 Å². The second kappa shape index (κ2) is 14.4. The maximum atomic E-state index is 12.1. The van der Waals surface area contributed by atoms with Gasteiger partial charge in [0.25, 0.3) is 0 Å². The van der Waals surface area contributed by atoms with Gasteiger partial charge in [-0.15, -0.1) is 0 Å². The summed E-state index contributed by atoms with van der Waals surface area (Å²) >= 11 is 0. The molecule has 1 N–H and O–H groups in total. The van der Waals surface area contributed by atoms with Gasteiger partial charge in [0.2, 0.25) is 12.3 Å². The molecule has 0 aromatic heterocycles. The van der Waals surface area contributed by atoms with Crippen molar-refractivity contribution in [2.45, 2.75) is 77.2 Å². The minimum absolute atomic E-state index is 0.0253. The molecular formula is C29H45N3O5. The van der Waals surface area contributed by atoms with Crippen LogP contribution in [0.2, 0.25) is 0 Å². The molecule has 206 valence electrons. The first kappa shape index (κ1) is 29.0. The quantitative estimate of drug-likeness (QED) is 0.426. The zero-order chi connectivity index (χ0) is 26.8. The van der Waals surface area contributed by atoms with Gasteiger partial charge in [-0.3, -0.25) is 14.4 Å². The molecule has 0 saturated carbocycles. The molecule has 0 radical (unpaired) electrons. The summed E-state index contributed by atoms with van der Waals surface area (Å²) in [6, 6.07) is 6.08. The summed E-state index contributed by atoms with van der Waals surface area (Å²) in [7, 11) is 2.00. The molecule has 4 rings (SSSR count). The lowest BCUT2D eigenvalue weighted by Gasteiger charge is -2.26. The van der Waals surface area contributed by atoms with Gasteiger partial charge in [-0.05, 0) is 49.9 Å². The van der Waals surface area contributed by atoms with Crippen LogP contribution >= 0.6 is 0 Å². The van der Waals surface area contributed by atoms with Crippen LogP contribution in [-0.2, 0) is 20.8 Å². The molecule has 37 heavy (non-hydrogen) atoms. The molecule has 3 aliphatic heterocycles. The monoisotopic (exact) mass is 515 g/mol. The number of carbonyl (C=O) groups excluding carboxylic acids is 2. The lowest BCUT2D eigenvalue weighted by Crippen LogP contribution is -2.38. The number of hydrogen-bond donors (Lipinski definition) is 1. The highest BCUT2D eigenvalue weighted by atomic mass is 16.5. The van der Waals surface area contributed by atoms with E-state index in [0.29, 0.717) is 26.0 Å². The third-order valence-corrected chi connectivity index (χ3v) is 7.94. The van der Waals surface area contributed by atoms with E-state index in [1.165, 1.54) is 5.56 Å². The number of benzene rings is 1. The van der Waals surface area contributed by atoms with E-state index in [2.05, 4.69) is 24.8 Å². The minimum Gasteiger partial charge on any atom is -0.493 e. The van der Waals surface area contributed by atoms with Gasteiger partial charge in [-0.1, -0.05) is 38.8 Å². The zero-order valence-corrected chi connectivity index (χ0v) is 22.9. The predicted molar refractivity (Wildman–Crippen MR) is 144 cm³/mol. The van der Waals surface area contributed by atoms with Gasteiger partial charge < -0.3 is 24.5 Å². The van der Waals surface area contributed by atoms with E-state index in [1.807, 2.05) is 29.0 Å². The van der Waals surface area contributed by atoms with Crippen molar-refractivity contribution in [2.24, 2.45) is 5.92 Å². The number of hydrogen-bond acceptors (Lipinski definition) is 5. The molecule has 2 amide bonds. The summed E-state index contributed by atoms with van der Waals surface area (Å²) in [6.07, 6.45) is 8.70. The third-order valence-electron chi connectivity index (χ3n) is 7.94. The number of amides is 2. The fourth-order valence-corrected chi connectivity index (χ4v) is 5.76. The van der Waals surface area contributed by atoms with Crippen molar-refractivity contribution in [2.75, 3.05) is 46.4 Å². The largest absolute Gasteiger partial charge is 0.493 e. The average Bonchev–Trinajstić information content (AvgIpc) is 3.61. The van der Waals surface area contributed by atoms with Crippen LogP contribution in [0.25, 0.3) is 0 Å². The van der Waals surface area contributed by atoms with Gasteiger partial charge in [0.15, 0.2) is 0 Å². The van der Waals surface area contributed by atoms with Crippen molar-refractivity contribution >= 4 is 18.3 Å². The molecule has 3 atom stereocenters. The number of carbonyl (C=O) groups is 3. The molecule has 2 saturated heterocycles. The number of likely N-dealkylation sites (N-methyl/N-ethyl adjacent to an activating group) is 1. The summed E-state index contributed by atoms with van der Waals surface area (Å²) < 4.78 is 5.57. The highest BCUT2D eigenvalue weighted by Crippen LogP contribution is 2.40. The Balaban J connectivity index is 0.000000295. The highest BCUT2D eigenvalue weighted by molar-refractivity contribution is 5.78. The molecule has 0 aliphatic carbocycles. The number of fused-ring (bicyclic) bond motifs is 1. The van der Waals surface area contributed by atoms with Gasteiger partial charge in [-0.25, -0.2) is 0 Å². The Bertz CT molecular complexity index is 900. The minimum atomic E-state index is -0.742. The second-order valence-corrected chi connectivity index (χ2v) is 10.6. The maximum Gasteiger partial charge on any atom is 0.308 e. The SMILES string of the molecule is CCCCN(C=O)CCCC.CN1CC(c2ccc3c(c2)CCO3)C(C(=O)O)C1CCN1CCCC1=O. The van der Waals surface area contributed by atoms with Gasteiger partial charge in [-0.2, -0.15) is 0 Å². The molecule has 3 heterocycles. The Morgan fingerprint density at radius 3 is 2.51 bits per heavy atom. The topological polar surface area (TPSA) is 90.4 Å². The maximum absolute atomic E-state index is 12.1. The van der Waals surface area contributed by atoms with Crippen LogP contribution < -0.4 is 4.74 Å². The van der Waals surface area contributed by atoms with E-state index in [-0.39, 0.29) is 17.9 Å². The lowest BCUT2D eigenvalue weighted by atomic mass is 9.83. The van der Waals surface area contributed by atoms with Crippen LogP contribution in [0, 0.1) is 5.92 Å². The van der Waals surface area contributed by atoms with Gasteiger partial charge >= 0.3 is 5.97 Å². The van der Waals surface area contributed by atoms with Crippen LogP contribution in [-0.4, -0.2) is 90.5 Å². The fourth-order valence-electron chi connectivity index (χ4n) is 5.76. The molecule has 8 nitrogen and oxygen atoms in total. The fraction of sp³-hybridized carbons (Fsp3) is 0.690. The van der Waals surface area contributed by atoms with E-state index in [4.69, 9.17) is 4.74 Å². The second-order valence-electron chi connectivity index (χ2n) is 10.6. The molecule has 8 heteroatoms. The van der Waals surface area contributed by atoms with Crippen LogP contribution in [0.3, 0.4) is 0 Å².